The monoisotopic (exact) mass is 488 g/mol. The van der Waals surface area contributed by atoms with Crippen LogP contribution in [-0.4, -0.2) is 30.4 Å². The number of ether oxygens (including phenoxy) is 1. The molecule has 7 heteroatoms. The van der Waals surface area contributed by atoms with Crippen LogP contribution >= 0.6 is 0 Å². The number of aliphatic imine (C=N–C) groups is 1. The first-order valence-electron chi connectivity index (χ1n) is 13.0. The molecule has 190 valence electrons. The van der Waals surface area contributed by atoms with Gasteiger partial charge in [-0.05, 0) is 85.0 Å². The molecule has 2 amide bonds. The maximum absolute atomic E-state index is 13.0. The van der Waals surface area contributed by atoms with Crippen LogP contribution in [0.5, 0.6) is 5.75 Å². The van der Waals surface area contributed by atoms with E-state index in [1.807, 2.05) is 32.0 Å². The molecule has 2 aliphatic heterocycles. The third-order valence-electron chi connectivity index (χ3n) is 6.71. The summed E-state index contributed by atoms with van der Waals surface area (Å²) in [4.78, 5) is 28.8. The summed E-state index contributed by atoms with van der Waals surface area (Å²) in [6.45, 7) is 4.74. The largest absolute Gasteiger partial charge is 0.493 e. The molecule has 2 atom stereocenters. The van der Waals surface area contributed by atoms with Crippen LogP contribution in [-0.2, 0) is 17.6 Å². The lowest BCUT2D eigenvalue weighted by atomic mass is 10.0. The van der Waals surface area contributed by atoms with Crippen molar-refractivity contribution in [1.82, 2.24) is 10.6 Å². The number of aryl methyl sites for hydroxylation is 2. The van der Waals surface area contributed by atoms with Crippen LogP contribution in [0.2, 0.25) is 0 Å². The van der Waals surface area contributed by atoms with Crippen molar-refractivity contribution in [2.24, 2.45) is 10.7 Å². The second-order valence-electron chi connectivity index (χ2n) is 9.20. The van der Waals surface area contributed by atoms with Gasteiger partial charge < -0.3 is 15.8 Å². The van der Waals surface area contributed by atoms with Crippen molar-refractivity contribution in [3.63, 3.8) is 0 Å². The molecule has 1 aliphatic carbocycles. The van der Waals surface area contributed by atoms with Gasteiger partial charge in [-0.1, -0.05) is 38.1 Å². The summed E-state index contributed by atoms with van der Waals surface area (Å²) >= 11 is 0. The van der Waals surface area contributed by atoms with E-state index in [0.29, 0.717) is 12.0 Å². The van der Waals surface area contributed by atoms with Gasteiger partial charge >= 0.3 is 0 Å². The number of amides is 2. The van der Waals surface area contributed by atoms with Crippen LogP contribution in [0.15, 0.2) is 47.5 Å². The number of benzene rings is 2. The molecule has 0 fully saturated rings. The fraction of sp³-hybridized carbons (Fsp3) is 0.414. The number of nitrogens with one attached hydrogen (secondary N) is 2. The van der Waals surface area contributed by atoms with E-state index < -0.39 is 0 Å². The summed E-state index contributed by atoms with van der Waals surface area (Å²) in [5.74, 6) is 0.994. The topological polar surface area (TPSA) is 106 Å². The standard InChI is InChI=1S/C27H30N4O3.C2H6/c28-27-29-21(16-25(32)31-27)6-2-1-4-17-7-8-18-9-11-23(22(18)14-17)30-26(33)20-10-12-24-19(15-20)5-3-13-34-24;1-2/h1,4,7-8,10,12,14-15,21,23H,2-3,5-6,9,11,13,16H2,(H,30,33)(H3,28,29,31,32);1-2H3/b4-1-;. The maximum Gasteiger partial charge on any atom is 0.251 e. The van der Waals surface area contributed by atoms with Gasteiger partial charge in [-0.15, -0.1) is 0 Å². The van der Waals surface area contributed by atoms with Crippen molar-refractivity contribution in [3.05, 3.63) is 70.3 Å². The van der Waals surface area contributed by atoms with Crippen LogP contribution in [0.25, 0.3) is 6.08 Å². The fourth-order valence-corrected chi connectivity index (χ4v) is 4.97. The third kappa shape index (κ3) is 6.14. The molecule has 4 N–H and O–H groups in total. The number of carbonyl (C=O) groups is 2. The summed E-state index contributed by atoms with van der Waals surface area (Å²) in [6.07, 6.45) is 9.99. The number of allylic oxidation sites excluding steroid dienone is 1. The molecule has 0 aromatic heterocycles. The molecular formula is C29H36N4O3. The van der Waals surface area contributed by atoms with E-state index in [1.54, 1.807) is 0 Å². The Bertz CT molecular complexity index is 1170. The van der Waals surface area contributed by atoms with Gasteiger partial charge in [0.25, 0.3) is 5.91 Å². The van der Waals surface area contributed by atoms with Crippen molar-refractivity contribution in [2.45, 2.75) is 70.9 Å². The Kier molecular flexibility index (Phi) is 8.41. The minimum absolute atomic E-state index is 0.0150. The van der Waals surface area contributed by atoms with E-state index in [-0.39, 0.29) is 29.9 Å². The van der Waals surface area contributed by atoms with Gasteiger partial charge in [0.1, 0.15) is 5.75 Å². The predicted octanol–water partition coefficient (Wildman–Crippen LogP) is 4.45. The number of rotatable bonds is 6. The molecule has 0 saturated heterocycles. The Hall–Kier alpha value is -3.61. The van der Waals surface area contributed by atoms with Gasteiger partial charge in [0.15, 0.2) is 5.96 Å². The number of fused-ring (bicyclic) bond motifs is 2. The first kappa shape index (κ1) is 25.5. The lowest BCUT2D eigenvalue weighted by Gasteiger charge is -2.19. The van der Waals surface area contributed by atoms with E-state index >= 15 is 0 Å². The fourth-order valence-electron chi connectivity index (χ4n) is 4.97. The van der Waals surface area contributed by atoms with Crippen molar-refractivity contribution in [2.75, 3.05) is 6.61 Å². The Morgan fingerprint density at radius 3 is 2.89 bits per heavy atom. The number of hydrogen-bond acceptors (Lipinski definition) is 5. The van der Waals surface area contributed by atoms with Crippen LogP contribution in [0.3, 0.4) is 0 Å². The SMILES string of the molecule is CC.NC1=NC(CC/C=C\c2ccc3c(c2)C(NC(=O)c2ccc4c(c2)CCCO4)CC3)CC(=O)N1. The molecule has 3 aliphatic rings. The molecule has 7 nitrogen and oxygen atoms in total. The van der Waals surface area contributed by atoms with Gasteiger partial charge in [0, 0.05) is 12.0 Å². The highest BCUT2D eigenvalue weighted by Gasteiger charge is 2.25. The highest BCUT2D eigenvalue weighted by molar-refractivity contribution is 5.98. The number of guanidine groups is 1. The molecule has 36 heavy (non-hydrogen) atoms. The second kappa shape index (κ2) is 11.9. The first-order valence-corrected chi connectivity index (χ1v) is 13.0. The van der Waals surface area contributed by atoms with Crippen molar-refractivity contribution >= 4 is 23.8 Å². The number of hydrogen-bond donors (Lipinski definition) is 3. The van der Waals surface area contributed by atoms with E-state index in [4.69, 9.17) is 10.5 Å². The quantitative estimate of drug-likeness (QED) is 0.558. The van der Waals surface area contributed by atoms with Crippen molar-refractivity contribution in [3.8, 4) is 5.75 Å². The molecule has 0 radical (unpaired) electrons. The number of nitrogens with zero attached hydrogens (tertiary/aromatic N) is 1. The summed E-state index contributed by atoms with van der Waals surface area (Å²) in [6, 6.07) is 12.1. The molecule has 2 heterocycles. The Morgan fingerprint density at radius 2 is 2.06 bits per heavy atom. The molecule has 2 unspecified atom stereocenters. The van der Waals surface area contributed by atoms with E-state index in [2.05, 4.69) is 46.0 Å². The lowest BCUT2D eigenvalue weighted by molar-refractivity contribution is -0.120. The Labute approximate surface area is 213 Å². The minimum atomic E-state index is -0.0723. The Morgan fingerprint density at radius 1 is 1.19 bits per heavy atom. The molecule has 2 aromatic carbocycles. The molecule has 0 spiro atoms. The van der Waals surface area contributed by atoms with Crippen molar-refractivity contribution < 1.29 is 14.3 Å². The molecular weight excluding hydrogens is 452 g/mol. The van der Waals surface area contributed by atoms with Gasteiger partial charge in [-0.2, -0.15) is 0 Å². The average Bonchev–Trinajstić information content (AvgIpc) is 3.29. The van der Waals surface area contributed by atoms with E-state index in [0.717, 1.165) is 62.0 Å². The second-order valence-corrected chi connectivity index (χ2v) is 9.20. The number of nitrogens with two attached hydrogens (primary N) is 1. The highest BCUT2D eigenvalue weighted by atomic mass is 16.5. The predicted molar refractivity (Wildman–Crippen MR) is 143 cm³/mol. The van der Waals surface area contributed by atoms with Gasteiger partial charge in [-0.25, -0.2) is 4.99 Å². The summed E-state index contributed by atoms with van der Waals surface area (Å²) in [5.41, 5.74) is 11.0. The van der Waals surface area contributed by atoms with Crippen molar-refractivity contribution in [1.29, 1.82) is 0 Å². The molecule has 0 bridgehead atoms. The zero-order chi connectivity index (χ0) is 25.5. The Balaban J connectivity index is 0.00000148. The smallest absolute Gasteiger partial charge is 0.251 e. The summed E-state index contributed by atoms with van der Waals surface area (Å²) in [5, 5.41) is 5.76. The molecule has 2 aromatic rings. The summed E-state index contributed by atoms with van der Waals surface area (Å²) in [7, 11) is 0. The summed E-state index contributed by atoms with van der Waals surface area (Å²) < 4.78 is 5.67. The molecule has 0 saturated carbocycles. The van der Waals surface area contributed by atoms with Crippen LogP contribution < -0.4 is 21.1 Å². The van der Waals surface area contributed by atoms with Crippen LogP contribution in [0.4, 0.5) is 0 Å². The minimum Gasteiger partial charge on any atom is -0.493 e. The van der Waals surface area contributed by atoms with Crippen LogP contribution in [0, 0.1) is 0 Å². The van der Waals surface area contributed by atoms with Gasteiger partial charge in [-0.3, -0.25) is 14.9 Å². The maximum atomic E-state index is 13.0. The highest BCUT2D eigenvalue weighted by Crippen LogP contribution is 2.33. The van der Waals surface area contributed by atoms with Gasteiger partial charge in [0.05, 0.1) is 18.7 Å². The molecule has 5 rings (SSSR count). The zero-order valence-corrected chi connectivity index (χ0v) is 21.2. The van der Waals surface area contributed by atoms with E-state index in [9.17, 15) is 9.59 Å². The average molecular weight is 489 g/mol. The zero-order valence-electron chi connectivity index (χ0n) is 21.2. The number of carbonyl (C=O) groups excluding carboxylic acids is 2. The van der Waals surface area contributed by atoms with Crippen LogP contribution in [0.1, 0.15) is 84.6 Å². The van der Waals surface area contributed by atoms with Gasteiger partial charge in [0.2, 0.25) is 5.91 Å². The normalized spacial score (nSPS) is 20.3. The third-order valence-corrected chi connectivity index (χ3v) is 6.71. The van der Waals surface area contributed by atoms with E-state index in [1.165, 1.54) is 11.1 Å². The lowest BCUT2D eigenvalue weighted by Crippen LogP contribution is -2.43. The first-order chi connectivity index (χ1) is 17.5.